The molecule has 0 aromatic carbocycles. The normalized spacial score (nSPS) is 26.5. The van der Waals surface area contributed by atoms with Crippen LogP contribution in [0.15, 0.2) is 0 Å². The van der Waals surface area contributed by atoms with Gasteiger partial charge >= 0.3 is 12.0 Å². The number of carboxylic acid groups (broad SMARTS) is 1. The summed E-state index contributed by atoms with van der Waals surface area (Å²) in [5.74, 6) is -2.31. The Labute approximate surface area is 141 Å². The van der Waals surface area contributed by atoms with Crippen LogP contribution in [0.25, 0.3) is 0 Å². The van der Waals surface area contributed by atoms with Crippen molar-refractivity contribution in [2.24, 2.45) is 5.92 Å². The Morgan fingerprint density at radius 1 is 1.29 bits per heavy atom. The summed E-state index contributed by atoms with van der Waals surface area (Å²) in [5, 5.41) is 11.9. The van der Waals surface area contributed by atoms with Crippen LogP contribution < -0.4 is 5.32 Å². The van der Waals surface area contributed by atoms with Gasteiger partial charge in [-0.3, -0.25) is 19.3 Å². The van der Waals surface area contributed by atoms with E-state index in [1.54, 1.807) is 6.92 Å². The first kappa shape index (κ1) is 18.2. The predicted octanol–water partition coefficient (Wildman–Crippen LogP) is 0.809. The minimum Gasteiger partial charge on any atom is -0.481 e. The average molecular weight is 339 g/mol. The Kier molecular flexibility index (Phi) is 5.15. The molecule has 0 radical (unpaired) electrons. The standard InChI is InChI=1S/C16H25N3O5/c1-4-16(5-2)14(23)19(15(24)17-16)9-12(20)18-8-6-7-11(10(18)3)13(21)22/h10-11H,4-9H2,1-3H3,(H,17,24)(H,21,22)/t10-,11-/m0/s1. The number of piperidine rings is 1. The van der Waals surface area contributed by atoms with E-state index in [1.807, 2.05) is 13.8 Å². The Bertz CT molecular complexity index is 558. The molecular weight excluding hydrogens is 314 g/mol. The molecule has 0 aliphatic carbocycles. The SMILES string of the molecule is CCC1(CC)NC(=O)N(CC(=O)N2CCC[C@H](C(=O)O)[C@@H]2C)C1=O. The second-order valence-electron chi connectivity index (χ2n) is 6.53. The quantitative estimate of drug-likeness (QED) is 0.721. The third-order valence-electron chi connectivity index (χ3n) is 5.37. The molecule has 0 aromatic rings. The van der Waals surface area contributed by atoms with Crippen molar-refractivity contribution in [3.8, 4) is 0 Å². The van der Waals surface area contributed by atoms with Crippen molar-refractivity contribution in [2.75, 3.05) is 13.1 Å². The lowest BCUT2D eigenvalue weighted by molar-refractivity contribution is -0.150. The number of likely N-dealkylation sites (tertiary alicyclic amines) is 1. The van der Waals surface area contributed by atoms with Gasteiger partial charge in [-0.05, 0) is 32.6 Å². The Hall–Kier alpha value is -2.12. The van der Waals surface area contributed by atoms with Gasteiger partial charge in [0.25, 0.3) is 5.91 Å². The van der Waals surface area contributed by atoms with Gasteiger partial charge in [0.1, 0.15) is 12.1 Å². The van der Waals surface area contributed by atoms with Crippen LogP contribution in [0.3, 0.4) is 0 Å². The van der Waals surface area contributed by atoms with Gasteiger partial charge in [0.15, 0.2) is 0 Å². The van der Waals surface area contributed by atoms with Gasteiger partial charge in [-0.25, -0.2) is 4.79 Å². The molecule has 0 aromatic heterocycles. The molecule has 2 fully saturated rings. The zero-order chi connectivity index (χ0) is 18.1. The van der Waals surface area contributed by atoms with E-state index < -0.39 is 29.5 Å². The molecule has 2 aliphatic heterocycles. The number of carboxylic acids is 1. The fourth-order valence-corrected chi connectivity index (χ4v) is 3.60. The van der Waals surface area contributed by atoms with E-state index in [9.17, 15) is 24.3 Å². The van der Waals surface area contributed by atoms with Gasteiger partial charge in [-0.2, -0.15) is 0 Å². The molecule has 0 spiro atoms. The summed E-state index contributed by atoms with van der Waals surface area (Å²) in [7, 11) is 0. The van der Waals surface area contributed by atoms with Crippen LogP contribution in [0.2, 0.25) is 0 Å². The summed E-state index contributed by atoms with van der Waals surface area (Å²) in [4.78, 5) is 50.9. The van der Waals surface area contributed by atoms with Crippen molar-refractivity contribution >= 4 is 23.8 Å². The van der Waals surface area contributed by atoms with E-state index in [2.05, 4.69) is 5.32 Å². The Morgan fingerprint density at radius 3 is 2.42 bits per heavy atom. The number of urea groups is 1. The molecule has 8 nitrogen and oxygen atoms in total. The Morgan fingerprint density at radius 2 is 1.92 bits per heavy atom. The number of carbonyl (C=O) groups excluding carboxylic acids is 3. The van der Waals surface area contributed by atoms with Gasteiger partial charge in [-0.1, -0.05) is 13.8 Å². The highest BCUT2D eigenvalue weighted by atomic mass is 16.4. The molecule has 0 saturated carbocycles. The average Bonchev–Trinajstić information content (AvgIpc) is 2.79. The van der Waals surface area contributed by atoms with Crippen LogP contribution in [-0.2, 0) is 14.4 Å². The van der Waals surface area contributed by atoms with E-state index in [-0.39, 0.29) is 18.4 Å². The lowest BCUT2D eigenvalue weighted by atomic mass is 9.90. The highest BCUT2D eigenvalue weighted by molar-refractivity contribution is 6.09. The molecule has 134 valence electrons. The van der Waals surface area contributed by atoms with Gasteiger partial charge in [0, 0.05) is 12.6 Å². The topological polar surface area (TPSA) is 107 Å². The van der Waals surface area contributed by atoms with E-state index in [1.165, 1.54) is 4.90 Å². The molecule has 2 saturated heterocycles. The molecule has 2 atom stereocenters. The third-order valence-corrected chi connectivity index (χ3v) is 5.37. The van der Waals surface area contributed by atoms with Gasteiger partial charge in [0.2, 0.25) is 5.91 Å². The first-order valence-corrected chi connectivity index (χ1v) is 8.43. The second kappa shape index (κ2) is 6.78. The zero-order valence-corrected chi connectivity index (χ0v) is 14.4. The minimum atomic E-state index is -0.936. The number of aliphatic carboxylic acids is 1. The molecule has 2 N–H and O–H groups in total. The molecule has 0 unspecified atom stereocenters. The smallest absolute Gasteiger partial charge is 0.325 e. The number of nitrogens with one attached hydrogen (secondary N) is 1. The lowest BCUT2D eigenvalue weighted by Gasteiger charge is -2.38. The number of carbonyl (C=O) groups is 4. The maximum absolute atomic E-state index is 12.6. The van der Waals surface area contributed by atoms with Crippen LogP contribution >= 0.6 is 0 Å². The first-order chi connectivity index (χ1) is 11.3. The number of rotatable bonds is 5. The van der Waals surface area contributed by atoms with Gasteiger partial charge < -0.3 is 15.3 Å². The largest absolute Gasteiger partial charge is 0.481 e. The number of imide groups is 1. The summed E-state index contributed by atoms with van der Waals surface area (Å²) < 4.78 is 0. The van der Waals surface area contributed by atoms with Crippen LogP contribution in [0, 0.1) is 5.92 Å². The third kappa shape index (κ3) is 2.97. The highest BCUT2D eigenvalue weighted by Crippen LogP contribution is 2.27. The summed E-state index contributed by atoms with van der Waals surface area (Å²) in [6.45, 7) is 5.43. The van der Waals surface area contributed by atoms with E-state index >= 15 is 0 Å². The predicted molar refractivity (Wildman–Crippen MR) is 85.1 cm³/mol. The molecule has 4 amide bonds. The van der Waals surface area contributed by atoms with Crippen molar-refractivity contribution in [1.82, 2.24) is 15.1 Å². The second-order valence-corrected chi connectivity index (χ2v) is 6.53. The van der Waals surface area contributed by atoms with E-state index in [0.29, 0.717) is 32.2 Å². The molecule has 24 heavy (non-hydrogen) atoms. The lowest BCUT2D eigenvalue weighted by Crippen LogP contribution is -2.53. The molecule has 8 heteroatoms. The van der Waals surface area contributed by atoms with Gasteiger partial charge in [-0.15, -0.1) is 0 Å². The maximum Gasteiger partial charge on any atom is 0.325 e. The zero-order valence-electron chi connectivity index (χ0n) is 14.4. The van der Waals surface area contributed by atoms with Crippen molar-refractivity contribution in [3.63, 3.8) is 0 Å². The molecule has 0 bridgehead atoms. The summed E-state index contributed by atoms with van der Waals surface area (Å²) >= 11 is 0. The van der Waals surface area contributed by atoms with Crippen LogP contribution in [0.5, 0.6) is 0 Å². The van der Waals surface area contributed by atoms with Crippen LogP contribution in [0.4, 0.5) is 4.79 Å². The molecule has 2 aliphatic rings. The van der Waals surface area contributed by atoms with Crippen molar-refractivity contribution in [3.05, 3.63) is 0 Å². The molecular formula is C16H25N3O5. The van der Waals surface area contributed by atoms with Crippen molar-refractivity contribution in [1.29, 1.82) is 0 Å². The molecule has 2 rings (SSSR count). The summed E-state index contributed by atoms with van der Waals surface area (Å²) in [6, 6.07) is -1.01. The minimum absolute atomic E-state index is 0.344. The maximum atomic E-state index is 12.6. The van der Waals surface area contributed by atoms with E-state index in [4.69, 9.17) is 0 Å². The summed E-state index contributed by atoms with van der Waals surface area (Å²) in [6.07, 6.45) is 2.04. The molecule has 2 heterocycles. The Balaban J connectivity index is 2.10. The van der Waals surface area contributed by atoms with Crippen LogP contribution in [-0.4, -0.2) is 63.4 Å². The van der Waals surface area contributed by atoms with E-state index in [0.717, 1.165) is 4.90 Å². The number of nitrogens with zero attached hydrogens (tertiary/aromatic N) is 2. The fraction of sp³-hybridized carbons (Fsp3) is 0.750. The summed E-state index contributed by atoms with van der Waals surface area (Å²) in [5.41, 5.74) is -0.936. The monoisotopic (exact) mass is 339 g/mol. The van der Waals surface area contributed by atoms with Crippen LogP contribution in [0.1, 0.15) is 46.5 Å². The number of amides is 4. The number of hydrogen-bond donors (Lipinski definition) is 2. The first-order valence-electron chi connectivity index (χ1n) is 8.43. The van der Waals surface area contributed by atoms with Crippen molar-refractivity contribution < 1.29 is 24.3 Å². The van der Waals surface area contributed by atoms with Crippen molar-refractivity contribution in [2.45, 2.75) is 58.0 Å². The number of hydrogen-bond acceptors (Lipinski definition) is 4. The van der Waals surface area contributed by atoms with Gasteiger partial charge in [0.05, 0.1) is 5.92 Å². The fourth-order valence-electron chi connectivity index (χ4n) is 3.60. The highest BCUT2D eigenvalue weighted by Gasteiger charge is 2.49.